The molecule has 4 heteroatoms. The van der Waals surface area contributed by atoms with Crippen molar-refractivity contribution in [1.82, 2.24) is 4.90 Å². The minimum absolute atomic E-state index is 0.0120. The van der Waals surface area contributed by atoms with E-state index in [9.17, 15) is 9.90 Å². The van der Waals surface area contributed by atoms with E-state index in [1.807, 2.05) is 36.6 Å². The number of nitrogens with zero attached hydrogens (tertiary/aromatic N) is 1. The van der Waals surface area contributed by atoms with Gasteiger partial charge in [0.1, 0.15) is 0 Å². The van der Waals surface area contributed by atoms with Gasteiger partial charge in [-0.25, -0.2) is 0 Å². The van der Waals surface area contributed by atoms with Crippen molar-refractivity contribution in [2.45, 2.75) is 26.4 Å². The predicted molar refractivity (Wildman–Crippen MR) is 79.7 cm³/mol. The highest BCUT2D eigenvalue weighted by atomic mass is 32.1. The van der Waals surface area contributed by atoms with E-state index in [1.54, 1.807) is 30.1 Å². The molecule has 0 unspecified atom stereocenters. The molecule has 2 rings (SSSR count). The molecule has 1 N–H and O–H groups in total. The topological polar surface area (TPSA) is 40.5 Å². The first kappa shape index (κ1) is 14.0. The highest BCUT2D eigenvalue weighted by Gasteiger charge is 2.23. The fourth-order valence-electron chi connectivity index (χ4n) is 2.11. The molecule has 0 bridgehead atoms. The predicted octanol–water partition coefficient (Wildman–Crippen LogP) is 3.13. The van der Waals surface area contributed by atoms with Gasteiger partial charge in [-0.15, -0.1) is 11.3 Å². The average molecular weight is 277 g/mol. The van der Waals surface area contributed by atoms with E-state index in [4.69, 9.17) is 0 Å². The minimum Gasteiger partial charge on any atom is -0.389 e. The van der Waals surface area contributed by atoms with Gasteiger partial charge in [-0.3, -0.25) is 4.79 Å². The Kier molecular flexibility index (Phi) is 3.92. The number of fused-ring (bicyclic) bond motifs is 1. The van der Waals surface area contributed by atoms with Crippen LogP contribution < -0.4 is 0 Å². The molecule has 0 saturated heterocycles. The third-order valence-electron chi connectivity index (χ3n) is 2.96. The zero-order valence-corrected chi connectivity index (χ0v) is 12.3. The molecule has 2 aromatic rings. The molecule has 0 aliphatic heterocycles. The van der Waals surface area contributed by atoms with Crippen LogP contribution in [0.3, 0.4) is 0 Å². The summed E-state index contributed by atoms with van der Waals surface area (Å²) in [4.78, 5) is 14.2. The summed E-state index contributed by atoms with van der Waals surface area (Å²) < 4.78 is 1.12. The van der Waals surface area contributed by atoms with Crippen molar-refractivity contribution in [2.24, 2.45) is 0 Å². The van der Waals surface area contributed by atoms with E-state index in [0.717, 1.165) is 15.6 Å². The number of hydrogen-bond donors (Lipinski definition) is 1. The quantitative estimate of drug-likeness (QED) is 0.932. The van der Waals surface area contributed by atoms with Crippen LogP contribution in [0.2, 0.25) is 0 Å². The fraction of sp³-hybridized carbons (Fsp3) is 0.400. The Morgan fingerprint density at radius 1 is 1.37 bits per heavy atom. The van der Waals surface area contributed by atoms with Crippen LogP contribution >= 0.6 is 11.3 Å². The molecule has 1 amide bonds. The van der Waals surface area contributed by atoms with E-state index >= 15 is 0 Å². The third-order valence-corrected chi connectivity index (χ3v) is 3.92. The lowest BCUT2D eigenvalue weighted by Crippen LogP contribution is -2.42. The normalized spacial score (nSPS) is 11.8. The van der Waals surface area contributed by atoms with Crippen LogP contribution in [0, 0.1) is 0 Å². The Balaban J connectivity index is 2.32. The minimum atomic E-state index is -0.877. The smallest absolute Gasteiger partial charge is 0.255 e. The molecule has 0 atom stereocenters. The van der Waals surface area contributed by atoms with Crippen LogP contribution in [0.5, 0.6) is 0 Å². The third kappa shape index (κ3) is 3.14. The standard InChI is InChI=1S/C15H19NO2S/c1-4-16(10-15(2,3)18)14(17)12-9-19-13-8-6-5-7-11(12)13/h5-9,18H,4,10H2,1-3H3. The molecule has 0 fully saturated rings. The first-order valence-corrected chi connectivity index (χ1v) is 7.28. The molecule has 0 radical (unpaired) electrons. The Morgan fingerprint density at radius 3 is 2.68 bits per heavy atom. The largest absolute Gasteiger partial charge is 0.389 e. The van der Waals surface area contributed by atoms with E-state index in [0.29, 0.717) is 13.1 Å². The Morgan fingerprint density at radius 2 is 2.05 bits per heavy atom. The van der Waals surface area contributed by atoms with Crippen LogP contribution in [0.25, 0.3) is 10.1 Å². The van der Waals surface area contributed by atoms with Crippen molar-refractivity contribution in [1.29, 1.82) is 0 Å². The van der Waals surface area contributed by atoms with Crippen LogP contribution in [-0.4, -0.2) is 34.6 Å². The van der Waals surface area contributed by atoms with Crippen molar-refractivity contribution in [2.75, 3.05) is 13.1 Å². The van der Waals surface area contributed by atoms with Gasteiger partial charge in [-0.2, -0.15) is 0 Å². The lowest BCUT2D eigenvalue weighted by Gasteiger charge is -2.28. The van der Waals surface area contributed by atoms with Gasteiger partial charge in [0.2, 0.25) is 0 Å². The molecule has 1 aromatic heterocycles. The van der Waals surface area contributed by atoms with Gasteiger partial charge in [0, 0.05) is 28.6 Å². The SMILES string of the molecule is CCN(CC(C)(C)O)C(=O)c1csc2ccccc12. The summed E-state index contributed by atoms with van der Waals surface area (Å²) in [6.45, 7) is 6.29. The first-order valence-electron chi connectivity index (χ1n) is 6.40. The zero-order chi connectivity index (χ0) is 14.0. The number of carbonyl (C=O) groups excluding carboxylic acids is 1. The number of thiophene rings is 1. The number of benzene rings is 1. The molecular formula is C15H19NO2S. The van der Waals surface area contributed by atoms with Gasteiger partial charge in [0.25, 0.3) is 5.91 Å². The number of likely N-dealkylation sites (N-methyl/N-ethyl adjacent to an activating group) is 1. The van der Waals surface area contributed by atoms with Crippen LogP contribution in [-0.2, 0) is 0 Å². The number of rotatable bonds is 4. The second-order valence-corrected chi connectivity index (χ2v) is 6.19. The van der Waals surface area contributed by atoms with Crippen LogP contribution in [0.4, 0.5) is 0 Å². The maximum absolute atomic E-state index is 12.6. The van der Waals surface area contributed by atoms with Gasteiger partial charge >= 0.3 is 0 Å². The number of hydrogen-bond acceptors (Lipinski definition) is 3. The summed E-state index contributed by atoms with van der Waals surface area (Å²) in [7, 11) is 0. The second kappa shape index (κ2) is 5.31. The van der Waals surface area contributed by atoms with E-state index in [-0.39, 0.29) is 5.91 Å². The maximum Gasteiger partial charge on any atom is 0.255 e. The summed E-state index contributed by atoms with van der Waals surface area (Å²) in [6.07, 6.45) is 0. The molecule has 1 aromatic carbocycles. The molecule has 3 nitrogen and oxygen atoms in total. The number of carbonyl (C=O) groups is 1. The summed E-state index contributed by atoms with van der Waals surface area (Å²) in [5.41, 5.74) is -0.149. The van der Waals surface area contributed by atoms with Crippen molar-refractivity contribution < 1.29 is 9.90 Å². The Labute approximate surface area is 117 Å². The van der Waals surface area contributed by atoms with E-state index in [1.165, 1.54) is 0 Å². The van der Waals surface area contributed by atoms with Crippen LogP contribution in [0.1, 0.15) is 31.1 Å². The molecule has 0 saturated carbocycles. The van der Waals surface area contributed by atoms with Crippen molar-refractivity contribution in [3.63, 3.8) is 0 Å². The average Bonchev–Trinajstić information content (AvgIpc) is 2.78. The molecule has 19 heavy (non-hydrogen) atoms. The van der Waals surface area contributed by atoms with Crippen LogP contribution in [0.15, 0.2) is 29.6 Å². The first-order chi connectivity index (χ1) is 8.92. The molecular weight excluding hydrogens is 258 g/mol. The molecule has 0 aliphatic rings. The summed E-state index contributed by atoms with van der Waals surface area (Å²) in [6, 6.07) is 7.90. The molecule has 1 heterocycles. The lowest BCUT2D eigenvalue weighted by atomic mass is 10.1. The second-order valence-electron chi connectivity index (χ2n) is 5.28. The van der Waals surface area contributed by atoms with Crippen molar-refractivity contribution >= 4 is 27.3 Å². The van der Waals surface area contributed by atoms with Gasteiger partial charge in [-0.05, 0) is 26.8 Å². The summed E-state index contributed by atoms with van der Waals surface area (Å²) in [5, 5.41) is 12.8. The summed E-state index contributed by atoms with van der Waals surface area (Å²) in [5.74, 6) is -0.0120. The highest BCUT2D eigenvalue weighted by Crippen LogP contribution is 2.27. The van der Waals surface area contributed by atoms with Crippen molar-refractivity contribution in [3.05, 3.63) is 35.2 Å². The molecule has 102 valence electrons. The van der Waals surface area contributed by atoms with Crippen molar-refractivity contribution in [3.8, 4) is 0 Å². The van der Waals surface area contributed by atoms with E-state index < -0.39 is 5.60 Å². The van der Waals surface area contributed by atoms with Gasteiger partial charge in [0.05, 0.1) is 11.2 Å². The molecule has 0 aliphatic carbocycles. The van der Waals surface area contributed by atoms with Gasteiger partial charge in [0.15, 0.2) is 0 Å². The molecule has 0 spiro atoms. The number of aliphatic hydroxyl groups is 1. The monoisotopic (exact) mass is 277 g/mol. The Hall–Kier alpha value is -1.39. The Bertz CT molecular complexity index is 583. The van der Waals surface area contributed by atoms with Gasteiger partial charge < -0.3 is 10.0 Å². The van der Waals surface area contributed by atoms with E-state index in [2.05, 4.69) is 0 Å². The highest BCUT2D eigenvalue weighted by molar-refractivity contribution is 7.17. The lowest BCUT2D eigenvalue weighted by molar-refractivity contribution is 0.0316. The van der Waals surface area contributed by atoms with Gasteiger partial charge in [-0.1, -0.05) is 18.2 Å². The maximum atomic E-state index is 12.6. The zero-order valence-electron chi connectivity index (χ0n) is 11.5. The summed E-state index contributed by atoms with van der Waals surface area (Å²) >= 11 is 1.58. The fourth-order valence-corrected chi connectivity index (χ4v) is 3.04. The number of amides is 1.